The van der Waals surface area contributed by atoms with E-state index >= 15 is 0 Å². The first-order valence-corrected chi connectivity index (χ1v) is 7.21. The Bertz CT molecular complexity index is 551. The quantitative estimate of drug-likeness (QED) is 0.870. The van der Waals surface area contributed by atoms with Crippen LogP contribution in [0, 0.1) is 11.6 Å². The Hall–Kier alpha value is -1.26. The van der Waals surface area contributed by atoms with Crippen molar-refractivity contribution in [1.29, 1.82) is 0 Å². The van der Waals surface area contributed by atoms with Crippen LogP contribution in [0.3, 0.4) is 0 Å². The van der Waals surface area contributed by atoms with E-state index in [9.17, 15) is 8.78 Å². The van der Waals surface area contributed by atoms with E-state index in [1.54, 1.807) is 17.4 Å². The lowest BCUT2D eigenvalue weighted by Crippen LogP contribution is -2.19. The molecule has 0 aliphatic heterocycles. The second-order valence-electron chi connectivity index (χ2n) is 4.46. The predicted octanol–water partition coefficient (Wildman–Crippen LogP) is 4.09. The SMILES string of the molecule is CCc1ccsc1C(Cc1ccc(F)c(F)c1)NC. The molecular weight excluding hydrogens is 264 g/mol. The van der Waals surface area contributed by atoms with Crippen molar-refractivity contribution in [2.45, 2.75) is 25.8 Å². The van der Waals surface area contributed by atoms with Gasteiger partial charge in [-0.1, -0.05) is 13.0 Å². The number of rotatable bonds is 5. The molecule has 0 radical (unpaired) electrons. The first kappa shape index (κ1) is 14.2. The van der Waals surface area contributed by atoms with Gasteiger partial charge in [0.1, 0.15) is 0 Å². The summed E-state index contributed by atoms with van der Waals surface area (Å²) in [4.78, 5) is 1.27. The Labute approximate surface area is 116 Å². The molecular formula is C15H17F2NS. The van der Waals surface area contributed by atoms with Crippen molar-refractivity contribution in [2.75, 3.05) is 7.05 Å². The largest absolute Gasteiger partial charge is 0.312 e. The van der Waals surface area contributed by atoms with Gasteiger partial charge in [-0.05, 0) is 54.6 Å². The Morgan fingerprint density at radius 2 is 2.00 bits per heavy atom. The zero-order chi connectivity index (χ0) is 13.8. The summed E-state index contributed by atoms with van der Waals surface area (Å²) in [6.45, 7) is 2.12. The molecule has 1 N–H and O–H groups in total. The van der Waals surface area contributed by atoms with Gasteiger partial charge in [-0.3, -0.25) is 0 Å². The van der Waals surface area contributed by atoms with E-state index in [4.69, 9.17) is 0 Å². The molecule has 0 bridgehead atoms. The molecule has 1 heterocycles. The molecule has 1 atom stereocenters. The van der Waals surface area contributed by atoms with Gasteiger partial charge in [0.15, 0.2) is 11.6 Å². The van der Waals surface area contributed by atoms with Crippen molar-refractivity contribution < 1.29 is 8.78 Å². The van der Waals surface area contributed by atoms with Gasteiger partial charge >= 0.3 is 0 Å². The second kappa shape index (κ2) is 6.26. The maximum Gasteiger partial charge on any atom is 0.159 e. The van der Waals surface area contributed by atoms with Gasteiger partial charge in [-0.15, -0.1) is 11.3 Å². The van der Waals surface area contributed by atoms with Crippen LogP contribution in [0.25, 0.3) is 0 Å². The average molecular weight is 281 g/mol. The molecule has 0 aliphatic carbocycles. The van der Waals surface area contributed by atoms with Crippen molar-refractivity contribution in [3.8, 4) is 0 Å². The normalized spacial score (nSPS) is 12.6. The Balaban J connectivity index is 2.21. The van der Waals surface area contributed by atoms with Crippen LogP contribution in [0.2, 0.25) is 0 Å². The van der Waals surface area contributed by atoms with Crippen LogP contribution in [0.4, 0.5) is 8.78 Å². The molecule has 0 aliphatic rings. The minimum atomic E-state index is -0.796. The molecule has 2 aromatic rings. The van der Waals surface area contributed by atoms with E-state index in [1.165, 1.54) is 22.6 Å². The standard InChI is InChI=1S/C15H17F2NS/c1-3-11-6-7-19-15(11)14(18-2)9-10-4-5-12(16)13(17)8-10/h4-8,14,18H,3,9H2,1-2H3. The maximum absolute atomic E-state index is 13.2. The number of halogens is 2. The molecule has 2 rings (SSSR count). The summed E-state index contributed by atoms with van der Waals surface area (Å²) in [5.74, 6) is -1.58. The van der Waals surface area contributed by atoms with Crippen molar-refractivity contribution in [2.24, 2.45) is 0 Å². The van der Waals surface area contributed by atoms with Crippen LogP contribution in [0.15, 0.2) is 29.6 Å². The number of thiophene rings is 1. The molecule has 0 saturated heterocycles. The lowest BCUT2D eigenvalue weighted by molar-refractivity contribution is 0.504. The fourth-order valence-corrected chi connectivity index (χ4v) is 3.28. The van der Waals surface area contributed by atoms with Gasteiger partial charge in [0.25, 0.3) is 0 Å². The summed E-state index contributed by atoms with van der Waals surface area (Å²) in [6, 6.07) is 6.36. The van der Waals surface area contributed by atoms with E-state index in [2.05, 4.69) is 23.7 Å². The van der Waals surface area contributed by atoms with E-state index in [0.29, 0.717) is 6.42 Å². The van der Waals surface area contributed by atoms with Gasteiger partial charge in [0, 0.05) is 10.9 Å². The minimum absolute atomic E-state index is 0.139. The number of hydrogen-bond donors (Lipinski definition) is 1. The fourth-order valence-electron chi connectivity index (χ4n) is 2.17. The Morgan fingerprint density at radius 1 is 1.21 bits per heavy atom. The smallest absolute Gasteiger partial charge is 0.159 e. The molecule has 102 valence electrons. The summed E-state index contributed by atoms with van der Waals surface area (Å²) in [7, 11) is 1.89. The molecule has 1 unspecified atom stereocenters. The number of aryl methyl sites for hydroxylation is 1. The monoisotopic (exact) mass is 281 g/mol. The first-order chi connectivity index (χ1) is 9.15. The van der Waals surface area contributed by atoms with Crippen molar-refractivity contribution in [3.63, 3.8) is 0 Å². The van der Waals surface area contributed by atoms with Crippen LogP contribution in [-0.2, 0) is 12.8 Å². The minimum Gasteiger partial charge on any atom is -0.312 e. The van der Waals surface area contributed by atoms with Gasteiger partial charge in [0.05, 0.1) is 0 Å². The molecule has 0 fully saturated rings. The third kappa shape index (κ3) is 3.19. The third-order valence-electron chi connectivity index (χ3n) is 3.25. The summed E-state index contributed by atoms with van der Waals surface area (Å²) in [5, 5.41) is 5.33. The summed E-state index contributed by atoms with van der Waals surface area (Å²) in [5.41, 5.74) is 2.11. The van der Waals surface area contributed by atoms with E-state index in [0.717, 1.165) is 12.0 Å². The molecule has 1 aromatic heterocycles. The van der Waals surface area contributed by atoms with E-state index in [1.807, 2.05) is 7.05 Å². The van der Waals surface area contributed by atoms with Crippen LogP contribution in [0.1, 0.15) is 29.0 Å². The highest BCUT2D eigenvalue weighted by Crippen LogP contribution is 2.27. The molecule has 0 spiro atoms. The lowest BCUT2D eigenvalue weighted by atomic mass is 10.0. The molecule has 1 nitrogen and oxygen atoms in total. The van der Waals surface area contributed by atoms with Gasteiger partial charge in [-0.2, -0.15) is 0 Å². The molecule has 0 amide bonds. The van der Waals surface area contributed by atoms with Crippen LogP contribution in [-0.4, -0.2) is 7.05 Å². The van der Waals surface area contributed by atoms with Gasteiger partial charge in [-0.25, -0.2) is 8.78 Å². The van der Waals surface area contributed by atoms with Crippen LogP contribution < -0.4 is 5.32 Å². The van der Waals surface area contributed by atoms with E-state index in [-0.39, 0.29) is 6.04 Å². The predicted molar refractivity (Wildman–Crippen MR) is 75.6 cm³/mol. The van der Waals surface area contributed by atoms with E-state index < -0.39 is 11.6 Å². The molecule has 19 heavy (non-hydrogen) atoms. The van der Waals surface area contributed by atoms with Crippen molar-refractivity contribution in [3.05, 3.63) is 57.3 Å². The molecule has 1 aromatic carbocycles. The average Bonchev–Trinajstić information content (AvgIpc) is 2.88. The summed E-state index contributed by atoms with van der Waals surface area (Å²) >= 11 is 1.70. The topological polar surface area (TPSA) is 12.0 Å². The van der Waals surface area contributed by atoms with Crippen LogP contribution in [0.5, 0.6) is 0 Å². The maximum atomic E-state index is 13.2. The van der Waals surface area contributed by atoms with Gasteiger partial charge in [0.2, 0.25) is 0 Å². The Kier molecular flexibility index (Phi) is 4.66. The zero-order valence-electron chi connectivity index (χ0n) is 11.0. The lowest BCUT2D eigenvalue weighted by Gasteiger charge is -2.17. The van der Waals surface area contributed by atoms with Crippen LogP contribution >= 0.6 is 11.3 Å². The fraction of sp³-hybridized carbons (Fsp3) is 0.333. The highest BCUT2D eigenvalue weighted by Gasteiger charge is 2.15. The van der Waals surface area contributed by atoms with Gasteiger partial charge < -0.3 is 5.32 Å². The third-order valence-corrected chi connectivity index (χ3v) is 4.32. The number of nitrogens with one attached hydrogen (secondary N) is 1. The Morgan fingerprint density at radius 3 is 2.63 bits per heavy atom. The first-order valence-electron chi connectivity index (χ1n) is 6.33. The van der Waals surface area contributed by atoms with Crippen molar-refractivity contribution >= 4 is 11.3 Å². The van der Waals surface area contributed by atoms with Crippen molar-refractivity contribution in [1.82, 2.24) is 5.32 Å². The summed E-state index contributed by atoms with van der Waals surface area (Å²) < 4.78 is 26.2. The number of likely N-dealkylation sites (N-methyl/N-ethyl adjacent to an activating group) is 1. The summed E-state index contributed by atoms with van der Waals surface area (Å²) in [6.07, 6.45) is 1.63. The highest BCUT2D eigenvalue weighted by molar-refractivity contribution is 7.10. The zero-order valence-corrected chi connectivity index (χ0v) is 11.9. The second-order valence-corrected chi connectivity index (χ2v) is 5.41. The molecule has 4 heteroatoms. The number of benzene rings is 1. The number of hydrogen-bond acceptors (Lipinski definition) is 2. The molecule has 0 saturated carbocycles. The highest BCUT2D eigenvalue weighted by atomic mass is 32.1.